The molecule has 0 aliphatic carbocycles. The number of halogens is 1. The van der Waals surface area contributed by atoms with Crippen molar-refractivity contribution in [3.63, 3.8) is 0 Å². The average Bonchev–Trinajstić information content (AvgIpc) is 2.75. The van der Waals surface area contributed by atoms with E-state index in [9.17, 15) is 5.11 Å². The fourth-order valence-corrected chi connectivity index (χ4v) is 3.61. The van der Waals surface area contributed by atoms with E-state index in [4.69, 9.17) is 4.74 Å². The van der Waals surface area contributed by atoms with Crippen LogP contribution in [-0.2, 0) is 0 Å². The molecule has 1 atom stereocenters. The molecular formula is C13H17BrO2S. The van der Waals surface area contributed by atoms with Crippen molar-refractivity contribution >= 4 is 27.7 Å². The standard InChI is InChI=1S/C13H17BrO2S/c1-7-8(2)12-13(9(3)11(7)15)17-10(16-12)5-4-6-14/h10,15H,4-6H2,1-3H3. The topological polar surface area (TPSA) is 29.5 Å². The van der Waals surface area contributed by atoms with E-state index in [2.05, 4.69) is 15.9 Å². The zero-order valence-electron chi connectivity index (χ0n) is 10.3. The largest absolute Gasteiger partial charge is 0.507 e. The maximum Gasteiger partial charge on any atom is 0.149 e. The van der Waals surface area contributed by atoms with E-state index in [0.29, 0.717) is 5.75 Å². The number of thioether (sulfide) groups is 1. The number of ether oxygens (including phenoxy) is 1. The Labute approximate surface area is 115 Å². The molecule has 0 bridgehead atoms. The van der Waals surface area contributed by atoms with Crippen molar-refractivity contribution in [2.45, 2.75) is 43.9 Å². The predicted octanol–water partition coefficient (Wildman–Crippen LogP) is 4.30. The second-order valence-electron chi connectivity index (χ2n) is 4.38. The van der Waals surface area contributed by atoms with Gasteiger partial charge in [0.25, 0.3) is 0 Å². The highest BCUT2D eigenvalue weighted by Crippen LogP contribution is 2.50. The van der Waals surface area contributed by atoms with Gasteiger partial charge in [0.1, 0.15) is 16.9 Å². The molecule has 1 aromatic rings. The van der Waals surface area contributed by atoms with Crippen molar-refractivity contribution in [2.24, 2.45) is 0 Å². The number of hydrogen-bond donors (Lipinski definition) is 1. The first-order valence-corrected chi connectivity index (χ1v) is 7.78. The van der Waals surface area contributed by atoms with Crippen LogP contribution in [0.1, 0.15) is 29.5 Å². The van der Waals surface area contributed by atoms with Gasteiger partial charge < -0.3 is 9.84 Å². The average molecular weight is 317 g/mol. The molecule has 0 saturated carbocycles. The predicted molar refractivity (Wildman–Crippen MR) is 75.6 cm³/mol. The van der Waals surface area contributed by atoms with Crippen molar-refractivity contribution in [1.82, 2.24) is 0 Å². The number of phenols is 1. The lowest BCUT2D eigenvalue weighted by atomic mass is 10.0. The second kappa shape index (κ2) is 5.11. The molecule has 0 saturated heterocycles. The lowest BCUT2D eigenvalue weighted by molar-refractivity contribution is 0.280. The van der Waals surface area contributed by atoms with Crippen LogP contribution >= 0.6 is 27.7 Å². The number of hydrogen-bond acceptors (Lipinski definition) is 3. The summed E-state index contributed by atoms with van der Waals surface area (Å²) in [6.45, 7) is 5.92. The first-order chi connectivity index (χ1) is 8.06. The molecule has 0 spiro atoms. The minimum atomic E-state index is 0.196. The summed E-state index contributed by atoms with van der Waals surface area (Å²) in [5.41, 5.74) is 3.15. The zero-order valence-corrected chi connectivity index (χ0v) is 12.7. The molecule has 4 heteroatoms. The molecule has 2 rings (SSSR count). The molecule has 0 aromatic heterocycles. The van der Waals surface area contributed by atoms with Crippen LogP contribution in [0.25, 0.3) is 0 Å². The molecule has 1 unspecified atom stereocenters. The van der Waals surface area contributed by atoms with Gasteiger partial charge in [0.2, 0.25) is 0 Å². The van der Waals surface area contributed by atoms with Gasteiger partial charge in [-0.05, 0) is 44.7 Å². The van der Waals surface area contributed by atoms with Gasteiger partial charge in [0.15, 0.2) is 0 Å². The smallest absolute Gasteiger partial charge is 0.149 e. The summed E-state index contributed by atoms with van der Waals surface area (Å²) in [5, 5.41) is 11.0. The van der Waals surface area contributed by atoms with E-state index < -0.39 is 0 Å². The Hall–Kier alpha value is -0.350. The monoisotopic (exact) mass is 316 g/mol. The van der Waals surface area contributed by atoms with Crippen LogP contribution in [0, 0.1) is 20.8 Å². The highest BCUT2D eigenvalue weighted by molar-refractivity contribution is 9.09. The van der Waals surface area contributed by atoms with Gasteiger partial charge >= 0.3 is 0 Å². The Balaban J connectivity index is 2.32. The zero-order chi connectivity index (χ0) is 12.6. The van der Waals surface area contributed by atoms with Crippen LogP contribution in [0.2, 0.25) is 0 Å². The molecule has 0 amide bonds. The van der Waals surface area contributed by atoms with E-state index in [-0.39, 0.29) is 5.44 Å². The third-order valence-corrected chi connectivity index (χ3v) is 5.12. The first kappa shape index (κ1) is 13.1. The molecule has 1 heterocycles. The van der Waals surface area contributed by atoms with E-state index in [1.54, 1.807) is 11.8 Å². The van der Waals surface area contributed by atoms with E-state index in [0.717, 1.165) is 45.5 Å². The maximum absolute atomic E-state index is 10.0. The third kappa shape index (κ3) is 2.29. The number of benzene rings is 1. The van der Waals surface area contributed by atoms with Crippen molar-refractivity contribution in [3.8, 4) is 11.5 Å². The van der Waals surface area contributed by atoms with Gasteiger partial charge in [-0.3, -0.25) is 0 Å². The second-order valence-corrected chi connectivity index (χ2v) is 6.34. The summed E-state index contributed by atoms with van der Waals surface area (Å²) < 4.78 is 5.99. The van der Waals surface area contributed by atoms with Crippen LogP contribution in [0.15, 0.2) is 4.90 Å². The lowest BCUT2D eigenvalue weighted by Crippen LogP contribution is -2.07. The molecule has 0 radical (unpaired) electrons. The molecule has 1 N–H and O–H groups in total. The van der Waals surface area contributed by atoms with Crippen molar-refractivity contribution in [2.75, 3.05) is 5.33 Å². The summed E-state index contributed by atoms with van der Waals surface area (Å²) in [7, 11) is 0. The molecule has 1 aliphatic heterocycles. The van der Waals surface area contributed by atoms with E-state index in [1.807, 2.05) is 20.8 Å². The fraction of sp³-hybridized carbons (Fsp3) is 0.538. The number of rotatable bonds is 3. The molecule has 94 valence electrons. The van der Waals surface area contributed by atoms with Gasteiger partial charge in [-0.2, -0.15) is 0 Å². The SMILES string of the molecule is Cc1c(C)c2c(c(C)c1O)SC(CCCBr)O2. The number of alkyl halides is 1. The van der Waals surface area contributed by atoms with Gasteiger partial charge in [-0.15, -0.1) is 0 Å². The maximum atomic E-state index is 10.0. The Morgan fingerprint density at radius 2 is 1.94 bits per heavy atom. The molecule has 1 aromatic carbocycles. The van der Waals surface area contributed by atoms with Gasteiger partial charge in [0, 0.05) is 10.9 Å². The number of fused-ring (bicyclic) bond motifs is 1. The Kier molecular flexibility index (Phi) is 3.93. The summed E-state index contributed by atoms with van der Waals surface area (Å²) >= 11 is 5.18. The Morgan fingerprint density at radius 3 is 2.59 bits per heavy atom. The molecular weight excluding hydrogens is 300 g/mol. The van der Waals surface area contributed by atoms with Crippen LogP contribution in [0.5, 0.6) is 11.5 Å². The van der Waals surface area contributed by atoms with Gasteiger partial charge in [-0.1, -0.05) is 27.7 Å². The quantitative estimate of drug-likeness (QED) is 0.843. The van der Waals surface area contributed by atoms with Crippen molar-refractivity contribution < 1.29 is 9.84 Å². The number of aromatic hydroxyl groups is 1. The van der Waals surface area contributed by atoms with E-state index >= 15 is 0 Å². The molecule has 2 nitrogen and oxygen atoms in total. The van der Waals surface area contributed by atoms with Crippen molar-refractivity contribution in [1.29, 1.82) is 0 Å². The first-order valence-electron chi connectivity index (χ1n) is 5.78. The minimum absolute atomic E-state index is 0.196. The normalized spacial score (nSPS) is 18.0. The van der Waals surface area contributed by atoms with E-state index in [1.165, 1.54) is 0 Å². The molecule has 0 fully saturated rings. The Bertz CT molecular complexity index is 409. The summed E-state index contributed by atoms with van der Waals surface area (Å²) in [4.78, 5) is 1.12. The van der Waals surface area contributed by atoms with Gasteiger partial charge in [0.05, 0.1) is 4.90 Å². The summed E-state index contributed by atoms with van der Waals surface area (Å²) in [5.74, 6) is 1.39. The molecule has 17 heavy (non-hydrogen) atoms. The third-order valence-electron chi connectivity index (χ3n) is 3.23. The van der Waals surface area contributed by atoms with Crippen LogP contribution in [0.3, 0.4) is 0 Å². The minimum Gasteiger partial charge on any atom is -0.507 e. The highest BCUT2D eigenvalue weighted by Gasteiger charge is 2.29. The number of phenolic OH excluding ortho intramolecular Hbond substituents is 1. The lowest BCUT2D eigenvalue weighted by Gasteiger charge is -2.12. The fourth-order valence-electron chi connectivity index (χ4n) is 2.01. The van der Waals surface area contributed by atoms with Crippen LogP contribution < -0.4 is 4.74 Å². The van der Waals surface area contributed by atoms with Crippen LogP contribution in [-0.4, -0.2) is 15.9 Å². The van der Waals surface area contributed by atoms with Crippen molar-refractivity contribution in [3.05, 3.63) is 16.7 Å². The summed E-state index contributed by atoms with van der Waals surface area (Å²) in [6, 6.07) is 0. The van der Waals surface area contributed by atoms with Gasteiger partial charge in [-0.25, -0.2) is 0 Å². The molecule has 1 aliphatic rings. The highest BCUT2D eigenvalue weighted by atomic mass is 79.9. The van der Waals surface area contributed by atoms with Crippen LogP contribution in [0.4, 0.5) is 0 Å². The summed E-state index contributed by atoms with van der Waals surface area (Å²) in [6.07, 6.45) is 2.14. The Morgan fingerprint density at radius 1 is 1.24 bits per heavy atom.